The Bertz CT molecular complexity index is 756. The molecule has 0 bridgehead atoms. The maximum Gasteiger partial charge on any atom is 0.137 e. The van der Waals surface area contributed by atoms with Crippen LogP contribution in [0.25, 0.3) is 17.0 Å². The van der Waals surface area contributed by atoms with E-state index in [1.807, 2.05) is 42.7 Å². The van der Waals surface area contributed by atoms with E-state index in [1.165, 1.54) is 25.7 Å². The molecule has 21 heavy (non-hydrogen) atoms. The first-order valence-corrected chi connectivity index (χ1v) is 7.56. The van der Waals surface area contributed by atoms with Crippen LogP contribution in [-0.2, 0) is 0 Å². The molecule has 106 valence electrons. The fraction of sp³-hybridized carbons (Fsp3) is 0.294. The highest BCUT2D eigenvalue weighted by atomic mass is 15.0. The van der Waals surface area contributed by atoms with E-state index < -0.39 is 0 Å². The molecule has 4 rings (SSSR count). The minimum absolute atomic E-state index is 0.579. The third kappa shape index (κ3) is 2.37. The molecule has 0 unspecified atom stereocenters. The first-order chi connectivity index (χ1) is 10.4. The molecule has 3 aromatic rings. The fourth-order valence-electron chi connectivity index (χ4n) is 3.06. The van der Waals surface area contributed by atoms with E-state index in [-0.39, 0.29) is 0 Å². The van der Waals surface area contributed by atoms with E-state index in [0.717, 1.165) is 22.9 Å². The molecule has 0 spiro atoms. The van der Waals surface area contributed by atoms with Gasteiger partial charge in [-0.2, -0.15) is 0 Å². The molecule has 0 amide bonds. The Labute approximate surface area is 123 Å². The van der Waals surface area contributed by atoms with Crippen LogP contribution >= 0.6 is 0 Å². The molecule has 0 saturated heterocycles. The number of pyridine rings is 2. The third-order valence-electron chi connectivity index (χ3n) is 4.14. The van der Waals surface area contributed by atoms with Crippen LogP contribution in [0.2, 0.25) is 0 Å². The lowest BCUT2D eigenvalue weighted by molar-refractivity contribution is 0.751. The van der Waals surface area contributed by atoms with Crippen LogP contribution in [0.1, 0.15) is 25.7 Å². The zero-order chi connectivity index (χ0) is 14.1. The number of nitrogens with zero attached hydrogens (tertiary/aromatic N) is 3. The van der Waals surface area contributed by atoms with Crippen molar-refractivity contribution in [1.82, 2.24) is 14.4 Å². The Kier molecular flexibility index (Phi) is 3.07. The predicted octanol–water partition coefficient (Wildman–Crippen LogP) is 3.75. The summed E-state index contributed by atoms with van der Waals surface area (Å²) in [7, 11) is 0. The molecule has 0 radical (unpaired) electrons. The van der Waals surface area contributed by atoms with E-state index in [0.29, 0.717) is 6.04 Å². The lowest BCUT2D eigenvalue weighted by Gasteiger charge is -2.13. The minimum atomic E-state index is 0.579. The van der Waals surface area contributed by atoms with Crippen LogP contribution in [0.4, 0.5) is 5.82 Å². The molecule has 1 N–H and O–H groups in total. The zero-order valence-electron chi connectivity index (χ0n) is 11.9. The van der Waals surface area contributed by atoms with Gasteiger partial charge in [-0.15, -0.1) is 0 Å². The van der Waals surface area contributed by atoms with Gasteiger partial charge in [0.1, 0.15) is 11.5 Å². The van der Waals surface area contributed by atoms with Gasteiger partial charge in [0.25, 0.3) is 0 Å². The first kappa shape index (κ1) is 12.4. The van der Waals surface area contributed by atoms with E-state index in [4.69, 9.17) is 4.98 Å². The summed E-state index contributed by atoms with van der Waals surface area (Å²) in [5, 5.41) is 3.55. The van der Waals surface area contributed by atoms with Gasteiger partial charge in [-0.1, -0.05) is 25.0 Å². The van der Waals surface area contributed by atoms with E-state index >= 15 is 0 Å². The van der Waals surface area contributed by atoms with E-state index in [1.54, 1.807) is 0 Å². The molecule has 3 aromatic heterocycles. The lowest BCUT2D eigenvalue weighted by atomic mass is 10.2. The van der Waals surface area contributed by atoms with Crippen molar-refractivity contribution in [2.45, 2.75) is 31.7 Å². The Morgan fingerprint density at radius 1 is 1.05 bits per heavy atom. The number of hydrogen-bond acceptors (Lipinski definition) is 3. The maximum absolute atomic E-state index is 4.76. The summed E-state index contributed by atoms with van der Waals surface area (Å²) >= 11 is 0. The number of aromatic nitrogens is 3. The average Bonchev–Trinajstić information content (AvgIpc) is 3.16. The topological polar surface area (TPSA) is 42.2 Å². The SMILES string of the molecule is c1cc(NC2CCCC2)nc(-c2cnc3ccccn23)c1. The van der Waals surface area contributed by atoms with Crippen molar-refractivity contribution in [2.24, 2.45) is 0 Å². The average molecular weight is 278 g/mol. The molecular weight excluding hydrogens is 260 g/mol. The summed E-state index contributed by atoms with van der Waals surface area (Å²) in [5.74, 6) is 0.963. The summed E-state index contributed by atoms with van der Waals surface area (Å²) in [5.41, 5.74) is 2.93. The number of fused-ring (bicyclic) bond motifs is 1. The van der Waals surface area contributed by atoms with Gasteiger partial charge in [0, 0.05) is 12.2 Å². The molecule has 1 fully saturated rings. The summed E-state index contributed by atoms with van der Waals surface area (Å²) in [4.78, 5) is 9.19. The molecule has 4 heteroatoms. The van der Waals surface area contributed by atoms with Crippen LogP contribution in [-0.4, -0.2) is 20.4 Å². The van der Waals surface area contributed by atoms with Gasteiger partial charge in [0.2, 0.25) is 0 Å². The van der Waals surface area contributed by atoms with Crippen molar-refractivity contribution in [3.8, 4) is 11.4 Å². The standard InChI is InChI=1S/C17H18N4/c1-2-7-13(6-1)19-16-9-5-8-14(20-16)15-12-18-17-10-3-4-11-21(15)17/h3-5,8-13H,1-2,6-7H2,(H,19,20). The van der Waals surface area contributed by atoms with Crippen LogP contribution < -0.4 is 5.32 Å². The van der Waals surface area contributed by atoms with Crippen LogP contribution in [0.3, 0.4) is 0 Å². The van der Waals surface area contributed by atoms with Gasteiger partial charge in [0.15, 0.2) is 0 Å². The van der Waals surface area contributed by atoms with Crippen LogP contribution in [0.5, 0.6) is 0 Å². The molecular formula is C17H18N4. The Morgan fingerprint density at radius 3 is 2.86 bits per heavy atom. The van der Waals surface area contributed by atoms with Gasteiger partial charge in [-0.3, -0.25) is 4.40 Å². The van der Waals surface area contributed by atoms with Crippen LogP contribution in [0.15, 0.2) is 48.8 Å². The van der Waals surface area contributed by atoms with Crippen molar-refractivity contribution >= 4 is 11.5 Å². The largest absolute Gasteiger partial charge is 0.367 e. The Morgan fingerprint density at radius 2 is 1.95 bits per heavy atom. The molecule has 1 aliphatic carbocycles. The van der Waals surface area contributed by atoms with E-state index in [9.17, 15) is 0 Å². The molecule has 1 aliphatic rings. The quantitative estimate of drug-likeness (QED) is 0.793. The van der Waals surface area contributed by atoms with Crippen molar-refractivity contribution in [1.29, 1.82) is 0 Å². The monoisotopic (exact) mass is 278 g/mol. The van der Waals surface area contributed by atoms with Gasteiger partial charge in [-0.05, 0) is 37.1 Å². The second-order valence-electron chi connectivity index (χ2n) is 5.61. The highest BCUT2D eigenvalue weighted by Gasteiger charge is 2.15. The minimum Gasteiger partial charge on any atom is -0.367 e. The number of rotatable bonds is 3. The summed E-state index contributed by atoms with van der Waals surface area (Å²) in [6.45, 7) is 0. The maximum atomic E-state index is 4.76. The smallest absolute Gasteiger partial charge is 0.137 e. The van der Waals surface area contributed by atoms with Gasteiger partial charge < -0.3 is 5.32 Å². The first-order valence-electron chi connectivity index (χ1n) is 7.56. The molecule has 0 atom stereocenters. The predicted molar refractivity (Wildman–Crippen MR) is 84.3 cm³/mol. The molecule has 4 nitrogen and oxygen atoms in total. The van der Waals surface area contributed by atoms with Crippen LogP contribution in [0, 0.1) is 0 Å². The van der Waals surface area contributed by atoms with Crippen molar-refractivity contribution in [3.63, 3.8) is 0 Å². The molecule has 1 saturated carbocycles. The molecule has 0 aliphatic heterocycles. The van der Waals surface area contributed by atoms with Crippen molar-refractivity contribution < 1.29 is 0 Å². The number of imidazole rings is 1. The highest BCUT2D eigenvalue weighted by molar-refractivity contribution is 5.61. The lowest BCUT2D eigenvalue weighted by Crippen LogP contribution is -2.15. The number of anilines is 1. The number of nitrogens with one attached hydrogen (secondary N) is 1. The highest BCUT2D eigenvalue weighted by Crippen LogP contribution is 2.24. The van der Waals surface area contributed by atoms with Crippen molar-refractivity contribution in [3.05, 3.63) is 48.8 Å². The summed E-state index contributed by atoms with van der Waals surface area (Å²) < 4.78 is 2.07. The summed E-state index contributed by atoms with van der Waals surface area (Å²) in [6.07, 6.45) is 9.06. The van der Waals surface area contributed by atoms with Gasteiger partial charge in [-0.25, -0.2) is 9.97 Å². The Hall–Kier alpha value is -2.36. The van der Waals surface area contributed by atoms with Gasteiger partial charge in [0.05, 0.1) is 17.6 Å². The van der Waals surface area contributed by atoms with E-state index in [2.05, 4.69) is 20.8 Å². The molecule has 0 aromatic carbocycles. The second kappa shape index (κ2) is 5.20. The normalized spacial score (nSPS) is 15.6. The second-order valence-corrected chi connectivity index (χ2v) is 5.61. The van der Waals surface area contributed by atoms with Crippen molar-refractivity contribution in [2.75, 3.05) is 5.32 Å². The zero-order valence-corrected chi connectivity index (χ0v) is 11.9. The number of hydrogen-bond donors (Lipinski definition) is 1. The fourth-order valence-corrected chi connectivity index (χ4v) is 3.06. The third-order valence-corrected chi connectivity index (χ3v) is 4.14. The molecule has 3 heterocycles. The summed E-state index contributed by atoms with van der Waals surface area (Å²) in [6, 6.07) is 12.7. The van der Waals surface area contributed by atoms with Gasteiger partial charge >= 0.3 is 0 Å². The Balaban J connectivity index is 1.68.